The lowest BCUT2D eigenvalue weighted by molar-refractivity contribution is -0.159. The summed E-state index contributed by atoms with van der Waals surface area (Å²) >= 11 is 0. The SMILES string of the molecule is CCCC1CCC(C(=O)OC2CCC3CC(COc4ccc(OCC)c(F)c4F)CCC3C2)CC1. The van der Waals surface area contributed by atoms with E-state index in [1.165, 1.54) is 37.8 Å². The number of halogens is 2. The maximum absolute atomic E-state index is 14.3. The highest BCUT2D eigenvalue weighted by molar-refractivity contribution is 5.72. The van der Waals surface area contributed by atoms with Crippen LogP contribution in [0.5, 0.6) is 11.5 Å². The molecule has 3 fully saturated rings. The van der Waals surface area contributed by atoms with E-state index in [2.05, 4.69) is 6.92 Å². The molecular formula is C29H42F2O4. The van der Waals surface area contributed by atoms with Crippen LogP contribution in [0.3, 0.4) is 0 Å². The molecule has 0 radical (unpaired) electrons. The van der Waals surface area contributed by atoms with Gasteiger partial charge in [0.1, 0.15) is 6.10 Å². The van der Waals surface area contributed by atoms with Gasteiger partial charge in [-0.1, -0.05) is 19.8 Å². The van der Waals surface area contributed by atoms with Crippen molar-refractivity contribution >= 4 is 5.97 Å². The molecule has 4 rings (SSSR count). The van der Waals surface area contributed by atoms with E-state index in [1.807, 2.05) is 0 Å². The minimum absolute atomic E-state index is 0.0371. The van der Waals surface area contributed by atoms with Crippen LogP contribution in [-0.2, 0) is 9.53 Å². The fourth-order valence-electron chi connectivity index (χ4n) is 6.66. The standard InChI is InChI=1S/C29H42F2O4/c1-3-5-19-6-9-21(10-7-19)29(32)35-24-13-12-22-16-20(8-11-23(22)17-24)18-34-26-15-14-25(33-4-2)27(30)28(26)31/h14-15,19-24H,3-13,16-18H2,1-2H3. The summed E-state index contributed by atoms with van der Waals surface area (Å²) in [6.07, 6.45) is 13.0. The van der Waals surface area contributed by atoms with Gasteiger partial charge in [0, 0.05) is 0 Å². The summed E-state index contributed by atoms with van der Waals surface area (Å²) in [5.41, 5.74) is 0. The van der Waals surface area contributed by atoms with Crippen molar-refractivity contribution in [3.63, 3.8) is 0 Å². The van der Waals surface area contributed by atoms with E-state index in [-0.39, 0.29) is 36.1 Å². The van der Waals surface area contributed by atoms with Gasteiger partial charge in [0.25, 0.3) is 0 Å². The van der Waals surface area contributed by atoms with E-state index in [9.17, 15) is 13.6 Å². The van der Waals surface area contributed by atoms with Crippen molar-refractivity contribution in [3.8, 4) is 11.5 Å². The van der Waals surface area contributed by atoms with Gasteiger partial charge in [-0.05, 0) is 107 Å². The summed E-state index contributed by atoms with van der Waals surface area (Å²) in [6.45, 7) is 4.64. The maximum Gasteiger partial charge on any atom is 0.309 e. The highest BCUT2D eigenvalue weighted by atomic mass is 19.2. The molecule has 4 unspecified atom stereocenters. The molecule has 0 heterocycles. The Hall–Kier alpha value is -1.85. The lowest BCUT2D eigenvalue weighted by Crippen LogP contribution is -2.37. The summed E-state index contributed by atoms with van der Waals surface area (Å²) in [5.74, 6) is 0.340. The molecule has 35 heavy (non-hydrogen) atoms. The lowest BCUT2D eigenvalue weighted by atomic mass is 9.67. The quantitative estimate of drug-likeness (QED) is 0.335. The normalized spacial score (nSPS) is 30.9. The van der Waals surface area contributed by atoms with Gasteiger partial charge in [0.15, 0.2) is 11.5 Å². The number of benzene rings is 1. The molecule has 3 saturated carbocycles. The number of rotatable bonds is 9. The number of fused-ring (bicyclic) bond motifs is 1. The smallest absolute Gasteiger partial charge is 0.309 e. The minimum Gasteiger partial charge on any atom is -0.491 e. The van der Waals surface area contributed by atoms with Crippen molar-refractivity contribution in [2.75, 3.05) is 13.2 Å². The Morgan fingerprint density at radius 1 is 0.829 bits per heavy atom. The molecule has 1 aromatic carbocycles. The molecule has 4 nitrogen and oxygen atoms in total. The van der Waals surface area contributed by atoms with Crippen molar-refractivity contribution in [3.05, 3.63) is 23.8 Å². The molecule has 6 heteroatoms. The first-order valence-electron chi connectivity index (χ1n) is 13.9. The van der Waals surface area contributed by atoms with E-state index in [0.29, 0.717) is 24.4 Å². The number of carbonyl (C=O) groups is 1. The predicted molar refractivity (Wildman–Crippen MR) is 131 cm³/mol. The third-order valence-electron chi connectivity index (χ3n) is 8.62. The van der Waals surface area contributed by atoms with Crippen LogP contribution in [0.15, 0.2) is 12.1 Å². The van der Waals surface area contributed by atoms with Gasteiger partial charge in [-0.3, -0.25) is 4.79 Å². The topological polar surface area (TPSA) is 44.8 Å². The summed E-state index contributed by atoms with van der Waals surface area (Å²) in [4.78, 5) is 12.8. The zero-order valence-corrected chi connectivity index (χ0v) is 21.4. The van der Waals surface area contributed by atoms with E-state index in [0.717, 1.165) is 57.3 Å². The van der Waals surface area contributed by atoms with E-state index in [1.54, 1.807) is 6.92 Å². The number of ether oxygens (including phenoxy) is 3. The van der Waals surface area contributed by atoms with Gasteiger partial charge in [-0.2, -0.15) is 8.78 Å². The molecule has 0 bridgehead atoms. The van der Waals surface area contributed by atoms with Crippen LogP contribution in [0.2, 0.25) is 0 Å². The number of esters is 1. The first-order valence-corrected chi connectivity index (χ1v) is 13.9. The van der Waals surface area contributed by atoms with Crippen LogP contribution >= 0.6 is 0 Å². The fourth-order valence-corrected chi connectivity index (χ4v) is 6.66. The Balaban J connectivity index is 1.20. The van der Waals surface area contributed by atoms with Gasteiger partial charge < -0.3 is 14.2 Å². The molecule has 0 aliphatic heterocycles. The molecule has 0 N–H and O–H groups in total. The van der Waals surface area contributed by atoms with Crippen LogP contribution in [0, 0.1) is 41.2 Å². The lowest BCUT2D eigenvalue weighted by Gasteiger charge is -2.42. The molecule has 4 atom stereocenters. The van der Waals surface area contributed by atoms with Crippen molar-refractivity contribution < 1.29 is 27.8 Å². The van der Waals surface area contributed by atoms with E-state index in [4.69, 9.17) is 14.2 Å². The van der Waals surface area contributed by atoms with Crippen LogP contribution in [0.1, 0.15) is 90.9 Å². The summed E-state index contributed by atoms with van der Waals surface area (Å²) in [6, 6.07) is 2.87. The second-order valence-electron chi connectivity index (χ2n) is 11.0. The Labute approximate surface area is 209 Å². The van der Waals surface area contributed by atoms with E-state index >= 15 is 0 Å². The Bertz CT molecular complexity index is 836. The number of carbonyl (C=O) groups excluding carboxylic acids is 1. The first-order chi connectivity index (χ1) is 17.0. The summed E-state index contributed by atoms with van der Waals surface area (Å²) < 4.78 is 45.2. The molecule has 0 aromatic heterocycles. The molecule has 1 aromatic rings. The molecule has 196 valence electrons. The molecule has 0 spiro atoms. The van der Waals surface area contributed by atoms with Crippen LogP contribution in [0.4, 0.5) is 8.78 Å². The Morgan fingerprint density at radius 3 is 2.14 bits per heavy atom. The van der Waals surface area contributed by atoms with Crippen molar-refractivity contribution in [1.29, 1.82) is 0 Å². The molecule has 0 saturated heterocycles. The second kappa shape index (κ2) is 12.4. The third-order valence-corrected chi connectivity index (χ3v) is 8.62. The third kappa shape index (κ3) is 6.68. The second-order valence-corrected chi connectivity index (χ2v) is 11.0. The van der Waals surface area contributed by atoms with Gasteiger partial charge in [0.2, 0.25) is 11.6 Å². The summed E-state index contributed by atoms with van der Waals surface area (Å²) in [5, 5.41) is 0. The average Bonchev–Trinajstić information content (AvgIpc) is 2.87. The van der Waals surface area contributed by atoms with Crippen LogP contribution < -0.4 is 9.47 Å². The van der Waals surface area contributed by atoms with Gasteiger partial charge in [-0.25, -0.2) is 0 Å². The Morgan fingerprint density at radius 2 is 1.46 bits per heavy atom. The number of hydrogen-bond donors (Lipinski definition) is 0. The minimum atomic E-state index is -0.991. The van der Waals surface area contributed by atoms with Crippen LogP contribution in [0.25, 0.3) is 0 Å². The highest BCUT2D eigenvalue weighted by Gasteiger charge is 2.38. The largest absolute Gasteiger partial charge is 0.491 e. The van der Waals surface area contributed by atoms with Crippen molar-refractivity contribution in [1.82, 2.24) is 0 Å². The van der Waals surface area contributed by atoms with Gasteiger partial charge in [0.05, 0.1) is 19.1 Å². The van der Waals surface area contributed by atoms with Crippen molar-refractivity contribution in [2.24, 2.45) is 29.6 Å². The number of hydrogen-bond acceptors (Lipinski definition) is 4. The van der Waals surface area contributed by atoms with Gasteiger partial charge in [-0.15, -0.1) is 0 Å². The van der Waals surface area contributed by atoms with Crippen LogP contribution in [-0.4, -0.2) is 25.3 Å². The van der Waals surface area contributed by atoms with E-state index < -0.39 is 11.6 Å². The zero-order valence-electron chi connectivity index (χ0n) is 21.4. The fraction of sp³-hybridized carbons (Fsp3) is 0.759. The average molecular weight is 493 g/mol. The highest BCUT2D eigenvalue weighted by Crippen LogP contribution is 2.44. The zero-order chi connectivity index (χ0) is 24.8. The first kappa shape index (κ1) is 26.2. The molecular weight excluding hydrogens is 450 g/mol. The monoisotopic (exact) mass is 492 g/mol. The van der Waals surface area contributed by atoms with Crippen molar-refractivity contribution in [2.45, 2.75) is 97.0 Å². The maximum atomic E-state index is 14.3. The molecule has 3 aliphatic carbocycles. The Kier molecular flexibility index (Phi) is 9.29. The molecule has 0 amide bonds. The molecule has 3 aliphatic rings. The van der Waals surface area contributed by atoms with Gasteiger partial charge >= 0.3 is 5.97 Å². The predicted octanol–water partition coefficient (Wildman–Crippen LogP) is 7.48. The summed E-state index contributed by atoms with van der Waals surface area (Å²) in [7, 11) is 0.